The maximum Gasteiger partial charge on any atom is 0.303 e. The predicted molar refractivity (Wildman–Crippen MR) is 67.3 cm³/mol. The normalized spacial score (nSPS) is 20.8. The molecule has 5 heteroatoms. The Bertz CT molecular complexity index is 309. The molecule has 0 spiro atoms. The Morgan fingerprint density at radius 3 is 2.56 bits per heavy atom. The van der Waals surface area contributed by atoms with E-state index in [2.05, 4.69) is 20.8 Å². The van der Waals surface area contributed by atoms with Crippen LogP contribution in [0.3, 0.4) is 0 Å². The van der Waals surface area contributed by atoms with Crippen LogP contribution in [0.4, 0.5) is 0 Å². The molecule has 0 aromatic heterocycles. The number of amides is 1. The molecule has 1 amide bonds. The summed E-state index contributed by atoms with van der Waals surface area (Å²) in [6.45, 7) is 8.06. The Labute approximate surface area is 108 Å². The van der Waals surface area contributed by atoms with Crippen LogP contribution in [0.1, 0.15) is 40.0 Å². The number of carbonyl (C=O) groups excluding carboxylic acids is 1. The van der Waals surface area contributed by atoms with Crippen LogP contribution in [-0.4, -0.2) is 47.7 Å². The van der Waals surface area contributed by atoms with Gasteiger partial charge in [-0.2, -0.15) is 0 Å². The Morgan fingerprint density at radius 1 is 1.33 bits per heavy atom. The van der Waals surface area contributed by atoms with Gasteiger partial charge in [0.2, 0.25) is 5.91 Å². The van der Waals surface area contributed by atoms with Gasteiger partial charge in [0.25, 0.3) is 0 Å². The minimum atomic E-state index is -0.850. The number of hydrogen-bond donors (Lipinski definition) is 1. The van der Waals surface area contributed by atoms with E-state index in [1.54, 1.807) is 4.90 Å². The van der Waals surface area contributed by atoms with Crippen LogP contribution >= 0.6 is 0 Å². The Balaban J connectivity index is 2.41. The third kappa shape index (κ3) is 4.64. The summed E-state index contributed by atoms with van der Waals surface area (Å²) < 4.78 is 5.68. The number of rotatable bonds is 4. The summed E-state index contributed by atoms with van der Waals surface area (Å²) in [4.78, 5) is 24.1. The van der Waals surface area contributed by atoms with Crippen molar-refractivity contribution in [3.63, 3.8) is 0 Å². The van der Waals surface area contributed by atoms with Gasteiger partial charge in [0.05, 0.1) is 12.7 Å². The lowest BCUT2D eigenvalue weighted by Crippen LogP contribution is -2.50. The third-order valence-electron chi connectivity index (χ3n) is 3.17. The molecule has 1 heterocycles. The van der Waals surface area contributed by atoms with Gasteiger partial charge in [0, 0.05) is 25.9 Å². The van der Waals surface area contributed by atoms with E-state index in [0.717, 1.165) is 0 Å². The van der Waals surface area contributed by atoms with Gasteiger partial charge in [-0.25, -0.2) is 0 Å². The number of morpholine rings is 1. The standard InChI is InChI=1S/C13H23NO4/c1-13(2,3)10-9-14(7-8-18-10)11(15)5-4-6-12(16)17/h10H,4-9H2,1-3H3,(H,16,17). The van der Waals surface area contributed by atoms with Crippen molar-refractivity contribution < 1.29 is 19.4 Å². The number of carboxylic acids is 1. The van der Waals surface area contributed by atoms with Crippen molar-refractivity contribution in [1.82, 2.24) is 4.90 Å². The summed E-state index contributed by atoms with van der Waals surface area (Å²) >= 11 is 0. The molecule has 1 N–H and O–H groups in total. The molecule has 1 fully saturated rings. The van der Waals surface area contributed by atoms with Gasteiger partial charge in [0.15, 0.2) is 0 Å². The second-order valence-corrected chi connectivity index (χ2v) is 5.81. The minimum absolute atomic E-state index is 0.0139. The summed E-state index contributed by atoms with van der Waals surface area (Å²) in [7, 11) is 0. The second-order valence-electron chi connectivity index (χ2n) is 5.81. The first-order valence-corrected chi connectivity index (χ1v) is 6.42. The highest BCUT2D eigenvalue weighted by Crippen LogP contribution is 2.25. The first kappa shape index (κ1) is 15.0. The van der Waals surface area contributed by atoms with Crippen LogP contribution in [0.15, 0.2) is 0 Å². The number of aliphatic carboxylic acids is 1. The molecule has 1 aliphatic heterocycles. The molecule has 5 nitrogen and oxygen atoms in total. The summed E-state index contributed by atoms with van der Waals surface area (Å²) in [6.07, 6.45) is 0.822. The van der Waals surface area contributed by atoms with Crippen LogP contribution in [0.5, 0.6) is 0 Å². The van der Waals surface area contributed by atoms with Gasteiger partial charge in [0.1, 0.15) is 0 Å². The van der Waals surface area contributed by atoms with E-state index >= 15 is 0 Å². The number of nitrogens with zero attached hydrogens (tertiary/aromatic N) is 1. The summed E-state index contributed by atoms with van der Waals surface area (Å²) in [5, 5.41) is 8.54. The molecule has 1 aliphatic rings. The summed E-state index contributed by atoms with van der Waals surface area (Å²) in [6, 6.07) is 0. The van der Waals surface area contributed by atoms with Crippen molar-refractivity contribution in [2.75, 3.05) is 19.7 Å². The van der Waals surface area contributed by atoms with Crippen LogP contribution in [0, 0.1) is 5.41 Å². The van der Waals surface area contributed by atoms with Gasteiger partial charge in [-0.15, -0.1) is 0 Å². The smallest absolute Gasteiger partial charge is 0.303 e. The molecule has 0 aliphatic carbocycles. The van der Waals surface area contributed by atoms with Gasteiger partial charge >= 0.3 is 5.97 Å². The van der Waals surface area contributed by atoms with Crippen molar-refractivity contribution in [2.24, 2.45) is 5.41 Å². The Morgan fingerprint density at radius 2 is 2.00 bits per heavy atom. The SMILES string of the molecule is CC(C)(C)C1CN(C(=O)CCCC(=O)O)CCO1. The van der Waals surface area contributed by atoms with E-state index in [-0.39, 0.29) is 23.8 Å². The molecule has 0 aromatic carbocycles. The highest BCUT2D eigenvalue weighted by molar-refractivity contribution is 5.77. The first-order chi connectivity index (χ1) is 8.30. The molecular formula is C13H23NO4. The monoisotopic (exact) mass is 257 g/mol. The lowest BCUT2D eigenvalue weighted by Gasteiger charge is -2.39. The average molecular weight is 257 g/mol. The summed E-state index contributed by atoms with van der Waals surface area (Å²) in [5.41, 5.74) is 0.0139. The minimum Gasteiger partial charge on any atom is -0.481 e. The number of ether oxygens (including phenoxy) is 1. The Hall–Kier alpha value is -1.10. The van der Waals surface area contributed by atoms with Gasteiger partial charge in [-0.1, -0.05) is 20.8 Å². The van der Waals surface area contributed by atoms with Gasteiger partial charge < -0.3 is 14.7 Å². The molecule has 0 aromatic rings. The third-order valence-corrected chi connectivity index (χ3v) is 3.17. The van der Waals surface area contributed by atoms with Crippen molar-refractivity contribution >= 4 is 11.9 Å². The van der Waals surface area contributed by atoms with Crippen LogP contribution < -0.4 is 0 Å². The van der Waals surface area contributed by atoms with E-state index in [1.807, 2.05) is 0 Å². The van der Waals surface area contributed by atoms with Crippen LogP contribution in [0.2, 0.25) is 0 Å². The van der Waals surface area contributed by atoms with Gasteiger partial charge in [-0.05, 0) is 11.8 Å². The van der Waals surface area contributed by atoms with E-state index in [0.29, 0.717) is 32.5 Å². The van der Waals surface area contributed by atoms with E-state index in [1.165, 1.54) is 0 Å². The number of hydrogen-bond acceptors (Lipinski definition) is 3. The first-order valence-electron chi connectivity index (χ1n) is 6.42. The molecule has 1 saturated heterocycles. The van der Waals surface area contributed by atoms with Crippen molar-refractivity contribution in [3.8, 4) is 0 Å². The highest BCUT2D eigenvalue weighted by Gasteiger charge is 2.32. The molecule has 1 atom stereocenters. The van der Waals surface area contributed by atoms with Crippen molar-refractivity contribution in [1.29, 1.82) is 0 Å². The maximum atomic E-state index is 11.9. The molecule has 0 bridgehead atoms. The quantitative estimate of drug-likeness (QED) is 0.829. The Kier molecular flexibility index (Phi) is 5.14. The zero-order valence-electron chi connectivity index (χ0n) is 11.4. The van der Waals surface area contributed by atoms with Crippen LogP contribution in [0.25, 0.3) is 0 Å². The van der Waals surface area contributed by atoms with E-state index in [9.17, 15) is 9.59 Å². The molecule has 1 rings (SSSR count). The fraction of sp³-hybridized carbons (Fsp3) is 0.846. The predicted octanol–water partition coefficient (Wildman–Crippen LogP) is 1.51. The molecule has 104 valence electrons. The average Bonchev–Trinajstić information content (AvgIpc) is 2.27. The van der Waals surface area contributed by atoms with Crippen molar-refractivity contribution in [2.45, 2.75) is 46.1 Å². The molecule has 0 saturated carbocycles. The lowest BCUT2D eigenvalue weighted by atomic mass is 9.88. The van der Waals surface area contributed by atoms with E-state index < -0.39 is 5.97 Å². The lowest BCUT2D eigenvalue weighted by molar-refractivity contribution is -0.144. The van der Waals surface area contributed by atoms with Crippen molar-refractivity contribution in [3.05, 3.63) is 0 Å². The number of carbonyl (C=O) groups is 2. The molecular weight excluding hydrogens is 234 g/mol. The second kappa shape index (κ2) is 6.18. The molecule has 1 unspecified atom stereocenters. The highest BCUT2D eigenvalue weighted by atomic mass is 16.5. The van der Waals surface area contributed by atoms with Gasteiger partial charge in [-0.3, -0.25) is 9.59 Å². The fourth-order valence-electron chi connectivity index (χ4n) is 1.95. The molecule has 0 radical (unpaired) electrons. The van der Waals surface area contributed by atoms with Crippen LogP contribution in [-0.2, 0) is 14.3 Å². The largest absolute Gasteiger partial charge is 0.481 e. The van der Waals surface area contributed by atoms with E-state index in [4.69, 9.17) is 9.84 Å². The zero-order chi connectivity index (χ0) is 13.8. The summed E-state index contributed by atoms with van der Waals surface area (Å²) in [5.74, 6) is -0.814. The number of carboxylic acid groups (broad SMARTS) is 1. The molecule has 18 heavy (non-hydrogen) atoms. The zero-order valence-corrected chi connectivity index (χ0v) is 11.4. The topological polar surface area (TPSA) is 66.8 Å². The maximum absolute atomic E-state index is 11.9. The fourth-order valence-corrected chi connectivity index (χ4v) is 1.95.